The average molecular weight is 1340 g/mol. The van der Waals surface area contributed by atoms with Crippen molar-refractivity contribution in [2.75, 3.05) is 115 Å². The zero-order valence-corrected chi connectivity index (χ0v) is 57.0. The summed E-state index contributed by atoms with van der Waals surface area (Å²) in [7, 11) is -7.79. The maximum absolute atomic E-state index is 14.4. The molecule has 4 fully saturated rings. The highest BCUT2D eigenvalue weighted by Crippen LogP contribution is 2.41. The fourth-order valence-corrected chi connectivity index (χ4v) is 17.6. The summed E-state index contributed by atoms with van der Waals surface area (Å²) in [5.74, 6) is -0.110. The van der Waals surface area contributed by atoms with Gasteiger partial charge in [-0.15, -0.1) is 0 Å². The number of amides is 2. The summed E-state index contributed by atoms with van der Waals surface area (Å²) in [6.45, 7) is 23.3. The quantitative estimate of drug-likeness (QED) is 0.0812. The summed E-state index contributed by atoms with van der Waals surface area (Å²) in [6.07, 6.45) is 0.583. The molecule has 21 nitrogen and oxygen atoms in total. The SMILES string of the molecule is C[C@@H]1CN(CC(=O)N2CC(C)(C)c3[nH]c(=O)c(Cc4ccc(F)cc4)cc32)[C@@H](CN2CCN(S(=O)(=O)c3ccc(Oc4ccc(S(=O)(=O)N5CCN(C[C@H]6CN[C@H](C)CN6CC(=O)N6CC(C)(C)c7[nH]c(=O)c(Cc8ccc(F)cc8)cc76)[C@H](C)C5)cc4)cc3)C[C@H]2C)CN1. The highest BCUT2D eigenvalue weighted by atomic mass is 32.2. The largest absolute Gasteiger partial charge is 0.457 e. The molecule has 8 heterocycles. The van der Waals surface area contributed by atoms with Gasteiger partial charge in [0.2, 0.25) is 31.9 Å². The van der Waals surface area contributed by atoms with Crippen LogP contribution in [0, 0.1) is 11.6 Å². The van der Waals surface area contributed by atoms with Crippen LogP contribution in [0.1, 0.15) is 89.0 Å². The molecule has 4 N–H and O–H groups in total. The van der Waals surface area contributed by atoms with Crippen molar-refractivity contribution in [2.45, 2.75) is 125 Å². The van der Waals surface area contributed by atoms with Crippen LogP contribution in [0.2, 0.25) is 0 Å². The number of nitrogens with one attached hydrogen (secondary N) is 4. The van der Waals surface area contributed by atoms with Gasteiger partial charge in [-0.3, -0.25) is 38.8 Å². The normalized spacial score (nSPS) is 24.0. The second-order valence-corrected chi connectivity index (χ2v) is 32.2. The van der Waals surface area contributed by atoms with Gasteiger partial charge in [0.05, 0.1) is 34.3 Å². The van der Waals surface area contributed by atoms with E-state index in [9.17, 15) is 44.8 Å². The van der Waals surface area contributed by atoms with E-state index in [1.54, 1.807) is 70.5 Å². The molecule has 6 atom stereocenters. The van der Waals surface area contributed by atoms with E-state index in [0.29, 0.717) is 124 Å². The highest BCUT2D eigenvalue weighted by Gasteiger charge is 2.44. The third kappa shape index (κ3) is 14.7. The van der Waals surface area contributed by atoms with Gasteiger partial charge in [0.25, 0.3) is 11.1 Å². The number of nitrogens with zero attached hydrogens (tertiary/aromatic N) is 8. The Morgan fingerprint density at radius 1 is 0.516 bits per heavy atom. The molecule has 0 bridgehead atoms. The molecule has 6 aliphatic heterocycles. The van der Waals surface area contributed by atoms with Crippen molar-refractivity contribution in [3.05, 3.63) is 175 Å². The van der Waals surface area contributed by atoms with Crippen LogP contribution in [0.4, 0.5) is 20.2 Å². The molecule has 4 saturated heterocycles. The number of H-pyrrole nitrogens is 2. The second-order valence-electron chi connectivity index (χ2n) is 28.3. The molecule has 6 aliphatic rings. The number of hydrogen-bond acceptors (Lipinski definition) is 15. The van der Waals surface area contributed by atoms with Crippen LogP contribution in [-0.4, -0.2) is 208 Å². The van der Waals surface area contributed by atoms with Crippen molar-refractivity contribution in [3.63, 3.8) is 0 Å². The molecule has 6 aromatic rings. The highest BCUT2D eigenvalue weighted by molar-refractivity contribution is 7.89. The van der Waals surface area contributed by atoms with Gasteiger partial charge in [-0.2, -0.15) is 8.61 Å². The number of aromatic nitrogens is 2. The molecule has 2 amide bonds. The fraction of sp³-hybridized carbons (Fsp3) is 0.486. The predicted octanol–water partition coefficient (Wildman–Crippen LogP) is 5.68. The molecule has 0 unspecified atom stereocenters. The Hall–Kier alpha value is -7.04. The number of pyridine rings is 2. The molecule has 0 radical (unpaired) electrons. The van der Waals surface area contributed by atoms with Gasteiger partial charge in [-0.25, -0.2) is 25.6 Å². The minimum Gasteiger partial charge on any atom is -0.457 e. The molecule has 0 spiro atoms. The van der Waals surface area contributed by atoms with Gasteiger partial charge in [0.15, 0.2) is 0 Å². The Bertz CT molecular complexity index is 3910. The zero-order valence-electron chi connectivity index (χ0n) is 55.4. The Kier molecular flexibility index (Phi) is 19.4. The lowest BCUT2D eigenvalue weighted by Gasteiger charge is -2.45. The lowest BCUT2D eigenvalue weighted by Crippen LogP contribution is -2.63. The van der Waals surface area contributed by atoms with Crippen molar-refractivity contribution < 1.29 is 39.9 Å². The van der Waals surface area contributed by atoms with Crippen LogP contribution in [0.5, 0.6) is 11.5 Å². The van der Waals surface area contributed by atoms with Gasteiger partial charge in [0.1, 0.15) is 23.1 Å². The molecule has 95 heavy (non-hydrogen) atoms. The van der Waals surface area contributed by atoms with E-state index in [1.165, 1.54) is 57.1 Å². The number of rotatable bonds is 18. The molecule has 12 rings (SSSR count). The number of anilines is 2. The minimum atomic E-state index is -3.89. The number of halogens is 2. The van der Waals surface area contributed by atoms with Gasteiger partial charge in [-0.05, 0) is 124 Å². The number of ether oxygens (including phenoxy) is 1. The summed E-state index contributed by atoms with van der Waals surface area (Å²) in [6, 6.07) is 28.1. The smallest absolute Gasteiger partial charge is 0.251 e. The first kappa shape index (κ1) is 67.9. The summed E-state index contributed by atoms with van der Waals surface area (Å²) in [5.41, 5.74) is 3.90. The molecular formula is C70H88F2N12O9S2. The van der Waals surface area contributed by atoms with Crippen LogP contribution < -0.4 is 36.3 Å². The first-order valence-electron chi connectivity index (χ1n) is 33.0. The third-order valence-electron chi connectivity index (χ3n) is 20.1. The van der Waals surface area contributed by atoms with Gasteiger partial charge >= 0.3 is 0 Å². The number of carbonyl (C=O) groups is 2. The maximum Gasteiger partial charge on any atom is 0.251 e. The van der Waals surface area contributed by atoms with Crippen molar-refractivity contribution in [1.29, 1.82) is 0 Å². The summed E-state index contributed by atoms with van der Waals surface area (Å²) in [5, 5.41) is 7.17. The van der Waals surface area contributed by atoms with Crippen LogP contribution in [0.25, 0.3) is 0 Å². The van der Waals surface area contributed by atoms with E-state index < -0.39 is 30.9 Å². The van der Waals surface area contributed by atoms with E-state index in [2.05, 4.69) is 54.0 Å². The van der Waals surface area contributed by atoms with Gasteiger partial charge in [0, 0.05) is 174 Å². The van der Waals surface area contributed by atoms with E-state index >= 15 is 0 Å². The van der Waals surface area contributed by atoms with Gasteiger partial charge in [-0.1, -0.05) is 52.0 Å². The number of benzene rings is 4. The molecule has 4 aromatic carbocycles. The van der Waals surface area contributed by atoms with E-state index in [1.807, 2.05) is 41.5 Å². The summed E-state index contributed by atoms with van der Waals surface area (Å²) in [4.78, 5) is 74.4. The Labute approximate surface area is 555 Å². The maximum atomic E-state index is 14.4. The molecule has 508 valence electrons. The lowest BCUT2D eigenvalue weighted by molar-refractivity contribution is -0.121. The minimum absolute atomic E-state index is 0.0372. The first-order chi connectivity index (χ1) is 45.1. The van der Waals surface area contributed by atoms with E-state index in [0.717, 1.165) is 11.1 Å². The molecule has 2 aromatic heterocycles. The van der Waals surface area contributed by atoms with Crippen molar-refractivity contribution >= 4 is 43.2 Å². The first-order valence-corrected chi connectivity index (χ1v) is 35.9. The number of hydrogen-bond donors (Lipinski definition) is 4. The Morgan fingerprint density at radius 3 is 1.24 bits per heavy atom. The molecular weight excluding hydrogens is 1250 g/mol. The van der Waals surface area contributed by atoms with Crippen molar-refractivity contribution in [1.82, 2.24) is 48.8 Å². The Morgan fingerprint density at radius 2 is 0.884 bits per heavy atom. The topological polar surface area (TPSA) is 227 Å². The van der Waals surface area contributed by atoms with E-state index in [-0.39, 0.29) is 120 Å². The number of carbonyl (C=O) groups excluding carboxylic acids is 2. The number of aromatic amines is 2. The molecule has 0 saturated carbocycles. The predicted molar refractivity (Wildman–Crippen MR) is 361 cm³/mol. The standard InChI is InChI=1S/C70H88F2N12O9S2/c1-45-35-79(41-63(85)83-43-69(5,6)65-61(83)31-51(67(87)75-65)29-49-9-13-53(71)14-10-49)55(33-73-45)39-77-25-27-81(37-47(77)3)94(89,90)59-21-17-57(18-22-59)93-58-19-23-60(24-20-58)95(91,92)82-28-26-78(48(4)38-82)40-56-34-74-46(2)36-80(56)42-64(86)84-44-70(7,8)66-62(84)32-52(68(88)76-66)30-50-11-15-54(72)16-12-50/h9-24,31-32,45-48,55-56,73-74H,25-30,33-44H2,1-8H3,(H,75,87)(H,76,88)/t45-,46-,47-,48-,55-,56-/m1/s1. The summed E-state index contributed by atoms with van der Waals surface area (Å²) < 4.78 is 93.3. The fourth-order valence-electron chi connectivity index (χ4n) is 14.6. The van der Waals surface area contributed by atoms with Crippen molar-refractivity contribution in [3.8, 4) is 11.5 Å². The van der Waals surface area contributed by atoms with Crippen LogP contribution in [-0.2, 0) is 53.3 Å². The number of piperazine rings is 4. The monoisotopic (exact) mass is 1340 g/mol. The Balaban J connectivity index is 0.618. The van der Waals surface area contributed by atoms with Crippen LogP contribution in [0.3, 0.4) is 0 Å². The van der Waals surface area contributed by atoms with Crippen molar-refractivity contribution in [2.24, 2.45) is 0 Å². The average Bonchev–Trinajstić information content (AvgIpc) is 1.63. The number of fused-ring (bicyclic) bond motifs is 2. The van der Waals surface area contributed by atoms with E-state index in [4.69, 9.17) is 4.74 Å². The van der Waals surface area contributed by atoms with Crippen LogP contribution >= 0.6 is 0 Å². The molecule has 0 aliphatic carbocycles. The van der Waals surface area contributed by atoms with Gasteiger partial charge < -0.3 is 35.1 Å². The third-order valence-corrected chi connectivity index (χ3v) is 23.8. The number of sulfonamides is 2. The second kappa shape index (κ2) is 27.1. The lowest BCUT2D eigenvalue weighted by atomic mass is 9.91. The molecule has 25 heteroatoms. The zero-order chi connectivity index (χ0) is 67.5. The van der Waals surface area contributed by atoms with Crippen LogP contribution in [0.15, 0.2) is 129 Å². The summed E-state index contributed by atoms with van der Waals surface area (Å²) >= 11 is 0.